The van der Waals surface area contributed by atoms with Crippen molar-refractivity contribution < 1.29 is 18.8 Å². The molecule has 1 aromatic carbocycles. The highest BCUT2D eigenvalue weighted by Crippen LogP contribution is 2.50. The molecular formula is C24H31N3O4. The summed E-state index contributed by atoms with van der Waals surface area (Å²) in [7, 11) is 1.66. The number of methoxy groups -OCH3 is 1. The van der Waals surface area contributed by atoms with Crippen molar-refractivity contribution in [3.63, 3.8) is 0 Å². The Kier molecular flexibility index (Phi) is 5.69. The molecular weight excluding hydrogens is 394 g/mol. The molecule has 1 unspecified atom stereocenters. The molecule has 2 saturated carbocycles. The first-order chi connectivity index (χ1) is 15.2. The minimum absolute atomic E-state index is 0.109. The number of aromatic nitrogens is 2. The van der Waals surface area contributed by atoms with E-state index in [2.05, 4.69) is 10.1 Å². The number of piperidine rings is 1. The van der Waals surface area contributed by atoms with Gasteiger partial charge in [-0.25, -0.2) is 0 Å². The number of carbonyl (C=O) groups is 1. The van der Waals surface area contributed by atoms with Crippen molar-refractivity contribution in [3.05, 3.63) is 41.5 Å². The van der Waals surface area contributed by atoms with Crippen molar-refractivity contribution in [3.8, 4) is 5.75 Å². The normalized spacial score (nSPS) is 22.4. The first-order valence-corrected chi connectivity index (χ1v) is 11.5. The monoisotopic (exact) mass is 425 g/mol. The fourth-order valence-corrected chi connectivity index (χ4v) is 4.56. The molecule has 1 aromatic heterocycles. The fraction of sp³-hybridized carbons (Fsp3) is 0.625. The van der Waals surface area contributed by atoms with E-state index in [1.807, 2.05) is 29.2 Å². The topological polar surface area (TPSA) is 77.7 Å². The third-order valence-corrected chi connectivity index (χ3v) is 6.86. The number of nitrogens with zero attached hydrogens (tertiary/aromatic N) is 3. The third kappa shape index (κ3) is 4.47. The average Bonchev–Trinajstić information content (AvgIpc) is 3.75. The molecule has 1 amide bonds. The van der Waals surface area contributed by atoms with Crippen molar-refractivity contribution in [2.75, 3.05) is 33.4 Å². The van der Waals surface area contributed by atoms with Crippen LogP contribution >= 0.6 is 0 Å². The Labute approximate surface area is 183 Å². The standard InChI is InChI=1S/C24H31N3O4/c1-29-20-8-6-19(7-9-20)24(11-12-24)23(28)27-13-2-3-18(15-27)22-25-21(26-31-22)10-14-30-16-17-4-5-17/h6-9,17-18H,2-5,10-16H2,1H3. The van der Waals surface area contributed by atoms with Crippen molar-refractivity contribution in [2.24, 2.45) is 5.92 Å². The number of amides is 1. The summed E-state index contributed by atoms with van der Waals surface area (Å²) in [5.41, 5.74) is 0.722. The van der Waals surface area contributed by atoms with Gasteiger partial charge in [0.2, 0.25) is 11.8 Å². The molecule has 5 rings (SSSR count). The van der Waals surface area contributed by atoms with Crippen molar-refractivity contribution in [1.29, 1.82) is 0 Å². The maximum Gasteiger partial charge on any atom is 0.233 e. The van der Waals surface area contributed by atoms with Crippen LogP contribution in [0.4, 0.5) is 0 Å². The van der Waals surface area contributed by atoms with E-state index in [-0.39, 0.29) is 17.2 Å². The van der Waals surface area contributed by atoms with Crippen molar-refractivity contribution in [2.45, 2.75) is 56.3 Å². The van der Waals surface area contributed by atoms with E-state index in [0.717, 1.165) is 56.1 Å². The summed E-state index contributed by atoms with van der Waals surface area (Å²) >= 11 is 0. The molecule has 0 radical (unpaired) electrons. The van der Waals surface area contributed by atoms with Crippen LogP contribution in [0.15, 0.2) is 28.8 Å². The van der Waals surface area contributed by atoms with E-state index < -0.39 is 0 Å². The van der Waals surface area contributed by atoms with Crippen LogP contribution in [0.25, 0.3) is 0 Å². The molecule has 2 aromatic rings. The third-order valence-electron chi connectivity index (χ3n) is 6.86. The summed E-state index contributed by atoms with van der Waals surface area (Å²) in [6.45, 7) is 2.93. The Morgan fingerprint density at radius 2 is 2.03 bits per heavy atom. The Bertz CT molecular complexity index is 902. The first-order valence-electron chi connectivity index (χ1n) is 11.5. The quantitative estimate of drug-likeness (QED) is 0.573. The number of hydrogen-bond donors (Lipinski definition) is 0. The zero-order valence-electron chi connectivity index (χ0n) is 18.2. The largest absolute Gasteiger partial charge is 0.497 e. The maximum absolute atomic E-state index is 13.5. The maximum atomic E-state index is 13.5. The molecule has 2 heterocycles. The van der Waals surface area contributed by atoms with Crippen LogP contribution in [0.1, 0.15) is 61.7 Å². The highest BCUT2D eigenvalue weighted by Gasteiger charge is 2.53. The highest BCUT2D eigenvalue weighted by molar-refractivity contribution is 5.91. The molecule has 1 aliphatic heterocycles. The number of hydrogen-bond acceptors (Lipinski definition) is 6. The van der Waals surface area contributed by atoms with Crippen LogP contribution in [-0.2, 0) is 21.4 Å². The second kappa shape index (κ2) is 8.61. The second-order valence-corrected chi connectivity index (χ2v) is 9.22. The molecule has 3 aliphatic rings. The summed E-state index contributed by atoms with van der Waals surface area (Å²) in [4.78, 5) is 20.1. The van der Waals surface area contributed by atoms with Gasteiger partial charge in [0, 0.05) is 26.1 Å². The molecule has 7 heteroatoms. The van der Waals surface area contributed by atoms with E-state index in [4.69, 9.17) is 14.0 Å². The average molecular weight is 426 g/mol. The van der Waals surface area contributed by atoms with Gasteiger partial charge < -0.3 is 18.9 Å². The lowest BCUT2D eigenvalue weighted by Crippen LogP contribution is -2.44. The van der Waals surface area contributed by atoms with Gasteiger partial charge in [-0.1, -0.05) is 17.3 Å². The first kappa shape index (κ1) is 20.5. The van der Waals surface area contributed by atoms with Gasteiger partial charge >= 0.3 is 0 Å². The Morgan fingerprint density at radius 3 is 2.74 bits per heavy atom. The minimum atomic E-state index is -0.368. The van der Waals surface area contributed by atoms with Crippen LogP contribution in [0, 0.1) is 5.92 Å². The van der Waals surface area contributed by atoms with Crippen LogP contribution in [0.5, 0.6) is 5.75 Å². The molecule has 166 valence electrons. The summed E-state index contributed by atoms with van der Waals surface area (Å²) in [5.74, 6) is 3.28. The number of rotatable bonds is 9. The molecule has 1 atom stereocenters. The zero-order chi connectivity index (χ0) is 21.3. The summed E-state index contributed by atoms with van der Waals surface area (Å²) < 4.78 is 16.5. The molecule has 0 bridgehead atoms. The zero-order valence-corrected chi connectivity index (χ0v) is 18.2. The lowest BCUT2D eigenvalue weighted by Gasteiger charge is -2.34. The molecule has 3 fully saturated rings. The van der Waals surface area contributed by atoms with E-state index in [9.17, 15) is 4.79 Å². The lowest BCUT2D eigenvalue weighted by atomic mass is 9.91. The van der Waals surface area contributed by atoms with Crippen molar-refractivity contribution in [1.82, 2.24) is 15.0 Å². The van der Waals surface area contributed by atoms with Gasteiger partial charge in [-0.3, -0.25) is 4.79 Å². The van der Waals surface area contributed by atoms with Crippen LogP contribution in [0.2, 0.25) is 0 Å². The number of ether oxygens (including phenoxy) is 2. The van der Waals surface area contributed by atoms with E-state index >= 15 is 0 Å². The van der Waals surface area contributed by atoms with Crippen LogP contribution in [0.3, 0.4) is 0 Å². The van der Waals surface area contributed by atoms with E-state index in [1.165, 1.54) is 12.8 Å². The molecule has 0 spiro atoms. The summed E-state index contributed by atoms with van der Waals surface area (Å²) in [5, 5.41) is 4.14. The van der Waals surface area contributed by atoms with Gasteiger partial charge in [-0.2, -0.15) is 4.98 Å². The van der Waals surface area contributed by atoms with Crippen LogP contribution < -0.4 is 4.74 Å². The predicted octanol–water partition coefficient (Wildman–Crippen LogP) is 3.49. The highest BCUT2D eigenvalue weighted by atomic mass is 16.5. The van der Waals surface area contributed by atoms with E-state index in [0.29, 0.717) is 31.3 Å². The predicted molar refractivity (Wildman–Crippen MR) is 114 cm³/mol. The van der Waals surface area contributed by atoms with Gasteiger partial charge in [0.15, 0.2) is 5.82 Å². The number of carbonyl (C=O) groups excluding carboxylic acids is 1. The van der Waals surface area contributed by atoms with E-state index in [1.54, 1.807) is 7.11 Å². The molecule has 2 aliphatic carbocycles. The van der Waals surface area contributed by atoms with Gasteiger partial charge in [-0.15, -0.1) is 0 Å². The van der Waals surface area contributed by atoms with Crippen LogP contribution in [-0.4, -0.2) is 54.4 Å². The summed E-state index contributed by atoms with van der Waals surface area (Å²) in [6.07, 6.45) is 7.00. The Morgan fingerprint density at radius 1 is 1.23 bits per heavy atom. The fourth-order valence-electron chi connectivity index (χ4n) is 4.56. The number of benzene rings is 1. The van der Waals surface area contributed by atoms with Gasteiger partial charge in [0.25, 0.3) is 0 Å². The minimum Gasteiger partial charge on any atom is -0.497 e. The summed E-state index contributed by atoms with van der Waals surface area (Å²) in [6, 6.07) is 7.94. The molecule has 31 heavy (non-hydrogen) atoms. The van der Waals surface area contributed by atoms with Gasteiger partial charge in [0.05, 0.1) is 25.0 Å². The molecule has 0 N–H and O–H groups in total. The molecule has 1 saturated heterocycles. The Hall–Kier alpha value is -2.41. The van der Waals surface area contributed by atoms with Gasteiger partial charge in [0.1, 0.15) is 5.75 Å². The molecule has 7 nitrogen and oxygen atoms in total. The second-order valence-electron chi connectivity index (χ2n) is 9.22. The van der Waals surface area contributed by atoms with Gasteiger partial charge in [-0.05, 0) is 62.1 Å². The Balaban J connectivity index is 1.19. The van der Waals surface area contributed by atoms with Crippen molar-refractivity contribution >= 4 is 5.91 Å². The number of likely N-dealkylation sites (tertiary alicyclic amines) is 1. The smallest absolute Gasteiger partial charge is 0.233 e. The lowest BCUT2D eigenvalue weighted by molar-refractivity contribution is -0.135. The SMILES string of the molecule is COc1ccc(C2(C(=O)N3CCCC(c4nc(CCOCC5CC5)no4)C3)CC2)cc1.